The van der Waals surface area contributed by atoms with E-state index in [1.165, 1.54) is 0 Å². The average molecular weight is 497 g/mol. The van der Waals surface area contributed by atoms with E-state index < -0.39 is 11.9 Å². The molecule has 0 amide bonds. The number of halogens is 1. The molecular weight excluding hydrogens is 472 g/mol. The third-order valence-corrected chi connectivity index (χ3v) is 7.29. The van der Waals surface area contributed by atoms with Gasteiger partial charge in [-0.25, -0.2) is 4.98 Å². The summed E-state index contributed by atoms with van der Waals surface area (Å²) in [5, 5.41) is 12.8. The topological polar surface area (TPSA) is 64.3 Å². The molecule has 1 atom stereocenters. The van der Waals surface area contributed by atoms with Gasteiger partial charge in [0.2, 0.25) is 0 Å². The molecule has 2 aromatic heterocycles. The van der Waals surface area contributed by atoms with Crippen molar-refractivity contribution in [2.45, 2.75) is 38.3 Å². The van der Waals surface area contributed by atoms with Crippen molar-refractivity contribution >= 4 is 39.4 Å². The number of benzene rings is 3. The third kappa shape index (κ3) is 4.20. The maximum absolute atomic E-state index is 12.2. The highest BCUT2D eigenvalue weighted by Crippen LogP contribution is 2.41. The van der Waals surface area contributed by atoms with Gasteiger partial charge in [-0.05, 0) is 72.9 Å². The lowest BCUT2D eigenvalue weighted by atomic mass is 9.85. The maximum atomic E-state index is 12.2. The zero-order chi connectivity index (χ0) is 24.6. The van der Waals surface area contributed by atoms with E-state index in [-0.39, 0.29) is 0 Å². The largest absolute Gasteiger partial charge is 0.487 e. The van der Waals surface area contributed by atoms with Crippen LogP contribution in [0.1, 0.15) is 41.3 Å². The van der Waals surface area contributed by atoms with Crippen molar-refractivity contribution in [2.75, 3.05) is 0 Å². The number of carboxylic acids is 1. The molecule has 5 aromatic rings. The number of fused-ring (bicyclic) bond motifs is 4. The number of pyridine rings is 1. The Labute approximate surface area is 213 Å². The van der Waals surface area contributed by atoms with E-state index in [0.29, 0.717) is 30.3 Å². The second-order valence-corrected chi connectivity index (χ2v) is 9.76. The van der Waals surface area contributed by atoms with Crippen molar-refractivity contribution in [3.8, 4) is 5.75 Å². The van der Waals surface area contributed by atoms with E-state index in [0.717, 1.165) is 57.2 Å². The summed E-state index contributed by atoms with van der Waals surface area (Å²) in [6.45, 7) is 1.00. The zero-order valence-corrected chi connectivity index (χ0v) is 20.4. The Morgan fingerprint density at radius 3 is 2.72 bits per heavy atom. The second kappa shape index (κ2) is 9.32. The van der Waals surface area contributed by atoms with Crippen molar-refractivity contribution in [2.24, 2.45) is 0 Å². The van der Waals surface area contributed by atoms with Gasteiger partial charge >= 0.3 is 5.97 Å². The lowest BCUT2D eigenvalue weighted by Gasteiger charge is -2.21. The standard InChI is InChI=1S/C30H25ClN2O3/c31-21-11-8-19(9-12-21)17-33-27-15-14-23(16-25(27)29-24(30(34)35)5-3-7-28(29)33)36-18-22-13-10-20-4-1-2-6-26(20)32-22/h1-2,4,6,8-16,24H,3,5,7,17-18H2,(H,34,35). The summed E-state index contributed by atoms with van der Waals surface area (Å²) in [5.74, 6) is -0.577. The predicted octanol–water partition coefficient (Wildman–Crippen LogP) is 6.97. The molecule has 1 unspecified atom stereocenters. The van der Waals surface area contributed by atoms with E-state index in [4.69, 9.17) is 21.3 Å². The van der Waals surface area contributed by atoms with Gasteiger partial charge in [0.05, 0.1) is 17.1 Å². The Kier molecular flexibility index (Phi) is 5.86. The Bertz CT molecular complexity index is 1590. The van der Waals surface area contributed by atoms with Crippen molar-refractivity contribution in [3.05, 3.63) is 106 Å². The van der Waals surface area contributed by atoms with Crippen LogP contribution < -0.4 is 4.74 Å². The number of nitrogens with zero attached hydrogens (tertiary/aromatic N) is 2. The molecular formula is C30H25ClN2O3. The lowest BCUT2D eigenvalue weighted by molar-refractivity contribution is -0.139. The first-order valence-electron chi connectivity index (χ1n) is 12.2. The smallest absolute Gasteiger partial charge is 0.311 e. The SMILES string of the molecule is O=C(O)C1CCCc2c1c1cc(OCc3ccc4ccccc4n3)ccc1n2Cc1ccc(Cl)cc1. The predicted molar refractivity (Wildman–Crippen MR) is 142 cm³/mol. The molecule has 0 fully saturated rings. The Hall–Kier alpha value is -3.83. The summed E-state index contributed by atoms with van der Waals surface area (Å²) in [4.78, 5) is 16.9. The van der Waals surface area contributed by atoms with E-state index >= 15 is 0 Å². The molecule has 0 spiro atoms. The molecule has 1 aliphatic rings. The second-order valence-electron chi connectivity index (χ2n) is 9.32. The number of aliphatic carboxylic acids is 1. The number of ether oxygens (including phenoxy) is 1. The average Bonchev–Trinajstić information content (AvgIpc) is 3.21. The van der Waals surface area contributed by atoms with Crippen LogP contribution in [0.4, 0.5) is 0 Å². The summed E-state index contributed by atoms with van der Waals surface area (Å²) >= 11 is 6.09. The molecule has 1 aliphatic carbocycles. The van der Waals surface area contributed by atoms with E-state index in [2.05, 4.69) is 10.6 Å². The zero-order valence-electron chi connectivity index (χ0n) is 19.7. The van der Waals surface area contributed by atoms with Gasteiger partial charge in [-0.2, -0.15) is 0 Å². The molecule has 6 heteroatoms. The van der Waals surface area contributed by atoms with Crippen LogP contribution in [0.5, 0.6) is 5.75 Å². The number of aromatic nitrogens is 2. The van der Waals surface area contributed by atoms with Crippen LogP contribution in [-0.4, -0.2) is 20.6 Å². The molecule has 180 valence electrons. The summed E-state index contributed by atoms with van der Waals surface area (Å²) in [7, 11) is 0. The number of hydrogen-bond acceptors (Lipinski definition) is 3. The molecule has 5 nitrogen and oxygen atoms in total. The molecule has 3 aromatic carbocycles. The molecule has 0 saturated carbocycles. The Balaban J connectivity index is 1.37. The molecule has 6 rings (SSSR count). The molecule has 1 N–H and O–H groups in total. The van der Waals surface area contributed by atoms with E-state index in [1.807, 2.05) is 72.8 Å². The lowest BCUT2D eigenvalue weighted by Crippen LogP contribution is -2.19. The summed E-state index contributed by atoms with van der Waals surface area (Å²) in [5.41, 5.74) is 5.96. The number of carbonyl (C=O) groups is 1. The van der Waals surface area contributed by atoms with Gasteiger partial charge in [0.15, 0.2) is 0 Å². The van der Waals surface area contributed by atoms with Gasteiger partial charge in [-0.15, -0.1) is 0 Å². The van der Waals surface area contributed by atoms with Gasteiger partial charge in [0.25, 0.3) is 0 Å². The highest BCUT2D eigenvalue weighted by atomic mass is 35.5. The van der Waals surface area contributed by atoms with Gasteiger partial charge in [-0.3, -0.25) is 4.79 Å². The van der Waals surface area contributed by atoms with Crippen molar-refractivity contribution < 1.29 is 14.6 Å². The Morgan fingerprint density at radius 2 is 1.89 bits per heavy atom. The van der Waals surface area contributed by atoms with Crippen molar-refractivity contribution in [1.29, 1.82) is 0 Å². The summed E-state index contributed by atoms with van der Waals surface area (Å²) in [6, 6.07) is 25.9. The first kappa shape index (κ1) is 22.6. The van der Waals surface area contributed by atoms with Crippen LogP contribution in [0.3, 0.4) is 0 Å². The van der Waals surface area contributed by atoms with Gasteiger partial charge in [0, 0.05) is 33.6 Å². The fourth-order valence-electron chi connectivity index (χ4n) is 5.32. The minimum atomic E-state index is -0.770. The van der Waals surface area contributed by atoms with Gasteiger partial charge < -0.3 is 14.4 Å². The van der Waals surface area contributed by atoms with Gasteiger partial charge in [0.1, 0.15) is 12.4 Å². The monoisotopic (exact) mass is 496 g/mol. The molecule has 0 saturated heterocycles. The quantitative estimate of drug-likeness (QED) is 0.275. The molecule has 0 radical (unpaired) electrons. The number of para-hydroxylation sites is 1. The van der Waals surface area contributed by atoms with Crippen LogP contribution in [0.15, 0.2) is 78.9 Å². The third-order valence-electron chi connectivity index (χ3n) is 7.04. The van der Waals surface area contributed by atoms with Crippen LogP contribution in [0.25, 0.3) is 21.8 Å². The summed E-state index contributed by atoms with van der Waals surface area (Å²) in [6.07, 6.45) is 2.37. The first-order valence-corrected chi connectivity index (χ1v) is 12.5. The molecule has 2 heterocycles. The first-order chi connectivity index (χ1) is 17.6. The molecule has 0 bridgehead atoms. The van der Waals surface area contributed by atoms with Crippen molar-refractivity contribution in [1.82, 2.24) is 9.55 Å². The minimum absolute atomic E-state index is 0.340. The van der Waals surface area contributed by atoms with Crippen LogP contribution in [0, 0.1) is 0 Å². The highest BCUT2D eigenvalue weighted by molar-refractivity contribution is 6.30. The Morgan fingerprint density at radius 1 is 1.06 bits per heavy atom. The number of rotatable bonds is 6. The van der Waals surface area contributed by atoms with Crippen LogP contribution in [-0.2, 0) is 24.4 Å². The summed E-state index contributed by atoms with van der Waals surface area (Å²) < 4.78 is 8.40. The fraction of sp³-hybridized carbons (Fsp3) is 0.200. The number of carboxylic acid groups (broad SMARTS) is 1. The normalized spacial score (nSPS) is 15.2. The number of hydrogen-bond donors (Lipinski definition) is 1. The minimum Gasteiger partial charge on any atom is -0.487 e. The van der Waals surface area contributed by atoms with Crippen LogP contribution >= 0.6 is 11.6 Å². The highest BCUT2D eigenvalue weighted by Gasteiger charge is 2.32. The van der Waals surface area contributed by atoms with Gasteiger partial charge in [-0.1, -0.05) is 48.0 Å². The molecule has 36 heavy (non-hydrogen) atoms. The fourth-order valence-corrected chi connectivity index (χ4v) is 5.45. The van der Waals surface area contributed by atoms with Crippen LogP contribution in [0.2, 0.25) is 5.02 Å². The van der Waals surface area contributed by atoms with E-state index in [9.17, 15) is 9.90 Å². The van der Waals surface area contributed by atoms with E-state index in [1.54, 1.807) is 0 Å². The van der Waals surface area contributed by atoms with Crippen molar-refractivity contribution in [3.63, 3.8) is 0 Å². The molecule has 0 aliphatic heterocycles. The maximum Gasteiger partial charge on any atom is 0.311 e.